The van der Waals surface area contributed by atoms with Crippen LogP contribution in [-0.2, 0) is 11.3 Å². The number of imidazole rings is 1. The van der Waals surface area contributed by atoms with Gasteiger partial charge in [0, 0.05) is 12.2 Å². The van der Waals surface area contributed by atoms with Crippen LogP contribution in [0.15, 0.2) is 30.7 Å². The Balaban J connectivity index is 1.71. The molecule has 106 valence electrons. The minimum Gasteiger partial charge on any atom is -0.330 e. The maximum absolute atomic E-state index is 13.2. The lowest BCUT2D eigenvalue weighted by molar-refractivity contribution is -0.114. The minimum absolute atomic E-state index is 0.137. The van der Waals surface area contributed by atoms with Gasteiger partial charge in [0.2, 0.25) is 0 Å². The van der Waals surface area contributed by atoms with Gasteiger partial charge < -0.3 is 4.57 Å². The van der Waals surface area contributed by atoms with Crippen molar-refractivity contribution >= 4 is 17.4 Å². The molecule has 21 heavy (non-hydrogen) atoms. The predicted molar refractivity (Wildman–Crippen MR) is 72.4 cm³/mol. The number of hydrogen-bond donors (Lipinski definition) is 0. The number of rotatable bonds is 3. The highest BCUT2D eigenvalue weighted by atomic mass is 19.1. The number of fused-ring (bicyclic) bond motifs is 1. The Bertz CT molecular complexity index is 764. The number of hydrogen-bond acceptors (Lipinski definition) is 3. The quantitative estimate of drug-likeness (QED) is 0.811. The Morgan fingerprint density at radius 3 is 2.86 bits per heavy atom. The normalized spacial score (nSPS) is 17.5. The van der Waals surface area contributed by atoms with E-state index in [2.05, 4.69) is 4.98 Å². The first-order valence-corrected chi connectivity index (χ1v) is 6.81. The van der Waals surface area contributed by atoms with Crippen LogP contribution in [-0.4, -0.2) is 21.2 Å². The third-order valence-corrected chi connectivity index (χ3v) is 3.94. The van der Waals surface area contributed by atoms with Crippen LogP contribution in [0.1, 0.15) is 34.9 Å². The fourth-order valence-electron chi connectivity index (χ4n) is 2.73. The molecule has 1 aromatic heterocycles. The second-order valence-corrected chi connectivity index (χ2v) is 5.41. The van der Waals surface area contributed by atoms with Gasteiger partial charge >= 0.3 is 0 Å². The molecule has 0 unspecified atom stereocenters. The summed E-state index contributed by atoms with van der Waals surface area (Å²) >= 11 is 0. The highest BCUT2D eigenvalue weighted by Crippen LogP contribution is 2.37. The predicted octanol–water partition coefficient (Wildman–Crippen LogP) is 2.09. The average Bonchev–Trinajstić information content (AvgIpc) is 3.18. The lowest BCUT2D eigenvalue weighted by Crippen LogP contribution is -2.30. The average molecular weight is 285 g/mol. The summed E-state index contributed by atoms with van der Waals surface area (Å²) in [7, 11) is 0. The van der Waals surface area contributed by atoms with Gasteiger partial charge in [0.15, 0.2) is 0 Å². The summed E-state index contributed by atoms with van der Waals surface area (Å²) in [6.45, 7) is 0.277. The fraction of sp³-hybridized carbons (Fsp3) is 0.267. The third kappa shape index (κ3) is 1.86. The topological polar surface area (TPSA) is 55.2 Å². The number of carbonyl (C=O) groups excluding carboxylic acids is 2. The number of halogens is 1. The molecule has 2 aromatic rings. The van der Waals surface area contributed by atoms with Gasteiger partial charge in [0.05, 0.1) is 29.8 Å². The lowest BCUT2D eigenvalue weighted by Gasteiger charge is -2.17. The second kappa shape index (κ2) is 4.25. The number of amides is 1. The smallest absolute Gasteiger partial charge is 0.299 e. The Morgan fingerprint density at radius 1 is 1.29 bits per heavy atom. The van der Waals surface area contributed by atoms with Crippen molar-refractivity contribution in [3.63, 3.8) is 0 Å². The molecule has 1 amide bonds. The van der Waals surface area contributed by atoms with Gasteiger partial charge in [-0.2, -0.15) is 0 Å². The Kier molecular flexibility index (Phi) is 2.48. The number of aromatic nitrogens is 2. The standard InChI is InChI=1S/C15H12FN3O2/c16-9-1-4-13-12(5-9)14(20)15(21)18(13)7-11-6-17-8-19(11)10-2-3-10/h1,4-6,8,10H,2-3,7H2. The van der Waals surface area contributed by atoms with Crippen LogP contribution >= 0.6 is 0 Å². The zero-order valence-electron chi connectivity index (χ0n) is 11.1. The number of Topliss-reactive ketones (excluding diaryl/α,β-unsaturated/α-hetero) is 1. The first-order valence-electron chi connectivity index (χ1n) is 6.81. The molecule has 1 aliphatic heterocycles. The molecule has 1 aromatic carbocycles. The second-order valence-electron chi connectivity index (χ2n) is 5.41. The van der Waals surface area contributed by atoms with E-state index in [-0.39, 0.29) is 12.1 Å². The van der Waals surface area contributed by atoms with Crippen LogP contribution in [0.2, 0.25) is 0 Å². The maximum Gasteiger partial charge on any atom is 0.299 e. The van der Waals surface area contributed by atoms with E-state index in [0.29, 0.717) is 11.7 Å². The van der Waals surface area contributed by atoms with E-state index in [1.54, 1.807) is 12.5 Å². The van der Waals surface area contributed by atoms with Crippen molar-refractivity contribution in [1.29, 1.82) is 0 Å². The molecular weight excluding hydrogens is 273 g/mol. The number of ketones is 1. The molecule has 1 aliphatic carbocycles. The molecule has 0 atom stereocenters. The van der Waals surface area contributed by atoms with E-state index < -0.39 is 17.5 Å². The molecule has 4 rings (SSSR count). The first kappa shape index (κ1) is 12.3. The number of carbonyl (C=O) groups is 2. The molecule has 0 bridgehead atoms. The summed E-state index contributed by atoms with van der Waals surface area (Å²) in [5.41, 5.74) is 1.49. The van der Waals surface area contributed by atoms with Crippen molar-refractivity contribution in [1.82, 2.24) is 9.55 Å². The van der Waals surface area contributed by atoms with Gasteiger partial charge in [-0.15, -0.1) is 0 Å². The molecule has 0 saturated heterocycles. The van der Waals surface area contributed by atoms with Crippen LogP contribution in [0, 0.1) is 5.82 Å². The van der Waals surface area contributed by atoms with E-state index in [9.17, 15) is 14.0 Å². The largest absolute Gasteiger partial charge is 0.330 e. The summed E-state index contributed by atoms with van der Waals surface area (Å²) in [6.07, 6.45) is 5.68. The molecule has 0 radical (unpaired) electrons. The van der Waals surface area contributed by atoms with Crippen molar-refractivity contribution in [2.75, 3.05) is 4.90 Å². The van der Waals surface area contributed by atoms with Crippen molar-refractivity contribution in [2.45, 2.75) is 25.4 Å². The van der Waals surface area contributed by atoms with Gasteiger partial charge in [-0.3, -0.25) is 14.5 Å². The van der Waals surface area contributed by atoms with Gasteiger partial charge in [0.25, 0.3) is 11.7 Å². The Labute approximate surface area is 120 Å². The lowest BCUT2D eigenvalue weighted by atomic mass is 10.1. The molecule has 1 saturated carbocycles. The molecular formula is C15H12FN3O2. The van der Waals surface area contributed by atoms with Gasteiger partial charge in [-0.1, -0.05) is 0 Å². The van der Waals surface area contributed by atoms with Gasteiger partial charge in [-0.05, 0) is 31.0 Å². The zero-order chi connectivity index (χ0) is 14.6. The van der Waals surface area contributed by atoms with E-state index >= 15 is 0 Å². The zero-order valence-corrected chi connectivity index (χ0v) is 11.1. The maximum atomic E-state index is 13.2. The van der Waals surface area contributed by atoms with Crippen LogP contribution in [0.5, 0.6) is 0 Å². The van der Waals surface area contributed by atoms with Crippen molar-refractivity contribution in [3.05, 3.63) is 47.8 Å². The Hall–Kier alpha value is -2.50. The first-order chi connectivity index (χ1) is 10.1. The molecule has 0 spiro atoms. The van der Waals surface area contributed by atoms with Crippen LogP contribution in [0.4, 0.5) is 10.1 Å². The molecule has 1 fully saturated rings. The van der Waals surface area contributed by atoms with Crippen molar-refractivity contribution in [2.24, 2.45) is 0 Å². The summed E-state index contributed by atoms with van der Waals surface area (Å²) < 4.78 is 15.3. The van der Waals surface area contributed by atoms with E-state index in [1.807, 2.05) is 4.57 Å². The summed E-state index contributed by atoms with van der Waals surface area (Å²) in [5, 5.41) is 0. The van der Waals surface area contributed by atoms with E-state index in [4.69, 9.17) is 0 Å². The van der Waals surface area contributed by atoms with Crippen molar-refractivity contribution in [3.8, 4) is 0 Å². The molecule has 5 nitrogen and oxygen atoms in total. The monoisotopic (exact) mass is 285 g/mol. The van der Waals surface area contributed by atoms with E-state index in [0.717, 1.165) is 24.6 Å². The number of anilines is 1. The fourth-order valence-corrected chi connectivity index (χ4v) is 2.73. The SMILES string of the molecule is O=C1C(=O)N(Cc2cncn2C2CC2)c2ccc(F)cc21. The highest BCUT2D eigenvalue weighted by Gasteiger charge is 2.37. The summed E-state index contributed by atoms with van der Waals surface area (Å²) in [6, 6.07) is 4.30. The molecule has 2 aliphatic rings. The van der Waals surface area contributed by atoms with Gasteiger partial charge in [0.1, 0.15) is 5.82 Å². The van der Waals surface area contributed by atoms with Crippen LogP contribution < -0.4 is 4.90 Å². The number of benzene rings is 1. The van der Waals surface area contributed by atoms with Crippen LogP contribution in [0.3, 0.4) is 0 Å². The van der Waals surface area contributed by atoms with Crippen LogP contribution in [0.25, 0.3) is 0 Å². The number of nitrogens with zero attached hydrogens (tertiary/aromatic N) is 3. The molecule has 0 N–H and O–H groups in total. The third-order valence-electron chi connectivity index (χ3n) is 3.94. The Morgan fingerprint density at radius 2 is 2.10 bits per heavy atom. The minimum atomic E-state index is -0.651. The summed E-state index contributed by atoms with van der Waals surface area (Å²) in [5.74, 6) is -1.78. The summed E-state index contributed by atoms with van der Waals surface area (Å²) in [4.78, 5) is 29.6. The van der Waals surface area contributed by atoms with Gasteiger partial charge in [-0.25, -0.2) is 9.37 Å². The van der Waals surface area contributed by atoms with Crippen molar-refractivity contribution < 1.29 is 14.0 Å². The molecule has 6 heteroatoms. The molecule has 2 heterocycles. The van der Waals surface area contributed by atoms with E-state index in [1.165, 1.54) is 17.0 Å². The highest BCUT2D eigenvalue weighted by molar-refractivity contribution is 6.52.